The normalized spacial score (nSPS) is 15.6. The van der Waals surface area contributed by atoms with Gasteiger partial charge in [0.25, 0.3) is 0 Å². The van der Waals surface area contributed by atoms with Gasteiger partial charge in [0.15, 0.2) is 5.13 Å². The number of thiazole rings is 1. The number of hydrogen-bond acceptors (Lipinski definition) is 4. The number of anilines is 1. The van der Waals surface area contributed by atoms with Crippen LogP contribution in [0.15, 0.2) is 11.6 Å². The molecule has 0 unspecified atom stereocenters. The smallest absolute Gasteiger partial charge is 0.320 e. The number of rotatable bonds is 5. The Balaban J connectivity index is 1.89. The Morgan fingerprint density at radius 3 is 2.62 bits per heavy atom. The van der Waals surface area contributed by atoms with E-state index in [1.54, 1.807) is 11.3 Å². The second-order valence-electron chi connectivity index (χ2n) is 5.91. The lowest BCUT2D eigenvalue weighted by molar-refractivity contribution is 0.144. The van der Waals surface area contributed by atoms with Crippen molar-refractivity contribution >= 4 is 22.5 Å². The largest absolute Gasteiger partial charge is 0.345 e. The third kappa shape index (κ3) is 4.33. The number of urea groups is 1. The van der Waals surface area contributed by atoms with Gasteiger partial charge in [0.05, 0.1) is 0 Å². The zero-order valence-electron chi connectivity index (χ0n) is 13.3. The molecule has 1 aromatic heterocycles. The number of hydrogen-bond donors (Lipinski definition) is 0. The summed E-state index contributed by atoms with van der Waals surface area (Å²) in [6.45, 7) is 11.5. The zero-order valence-corrected chi connectivity index (χ0v) is 14.1. The highest BCUT2D eigenvalue weighted by Gasteiger charge is 2.25. The molecule has 0 radical (unpaired) electrons. The molecule has 21 heavy (non-hydrogen) atoms. The molecule has 6 heteroatoms. The molecule has 0 spiro atoms. The highest BCUT2D eigenvalue weighted by molar-refractivity contribution is 7.13. The number of aromatic nitrogens is 1. The van der Waals surface area contributed by atoms with Crippen LogP contribution in [0, 0.1) is 5.92 Å². The zero-order chi connectivity index (χ0) is 15.2. The molecule has 1 aliphatic rings. The van der Waals surface area contributed by atoms with E-state index in [0.717, 1.165) is 50.8 Å². The van der Waals surface area contributed by atoms with Crippen molar-refractivity contribution in [2.75, 3.05) is 44.2 Å². The summed E-state index contributed by atoms with van der Waals surface area (Å²) in [4.78, 5) is 23.2. The molecule has 0 atom stereocenters. The van der Waals surface area contributed by atoms with Crippen LogP contribution in [0.5, 0.6) is 0 Å². The van der Waals surface area contributed by atoms with Gasteiger partial charge in [0.1, 0.15) is 0 Å². The van der Waals surface area contributed by atoms with E-state index in [2.05, 4.69) is 30.7 Å². The third-order valence-electron chi connectivity index (χ3n) is 3.59. The number of amides is 2. The number of nitrogens with zero attached hydrogens (tertiary/aromatic N) is 4. The van der Waals surface area contributed by atoms with Crippen molar-refractivity contribution in [2.24, 2.45) is 5.92 Å². The molecule has 0 bridgehead atoms. The molecule has 2 amide bonds. The topological polar surface area (TPSA) is 39.7 Å². The van der Waals surface area contributed by atoms with Crippen LogP contribution in [0.1, 0.15) is 27.2 Å². The van der Waals surface area contributed by atoms with E-state index in [9.17, 15) is 4.79 Å². The van der Waals surface area contributed by atoms with Gasteiger partial charge in [-0.05, 0) is 12.3 Å². The Morgan fingerprint density at radius 2 is 2.10 bits per heavy atom. The predicted octanol–water partition coefficient (Wildman–Crippen LogP) is 2.75. The first-order valence-corrected chi connectivity index (χ1v) is 8.68. The lowest BCUT2D eigenvalue weighted by atomic mass is 10.2. The molecule has 1 aromatic rings. The Kier molecular flexibility index (Phi) is 5.85. The molecule has 1 aliphatic heterocycles. The van der Waals surface area contributed by atoms with E-state index in [1.807, 2.05) is 21.4 Å². The summed E-state index contributed by atoms with van der Waals surface area (Å²) >= 11 is 1.66. The van der Waals surface area contributed by atoms with Crippen molar-refractivity contribution in [3.05, 3.63) is 11.6 Å². The third-order valence-corrected chi connectivity index (χ3v) is 4.42. The Bertz CT molecular complexity index is 427. The standard InChI is InChI=1S/C15H26N4OS/c1-4-6-19(12-13(2)3)15(20)18-9-7-17(8-10-18)14-16-5-11-21-14/h5,11,13H,4,6-10,12H2,1-3H3. The molecular formula is C15H26N4OS. The monoisotopic (exact) mass is 310 g/mol. The van der Waals surface area contributed by atoms with Crippen LogP contribution >= 0.6 is 11.3 Å². The SMILES string of the molecule is CCCN(CC(C)C)C(=O)N1CCN(c2nccs2)CC1. The van der Waals surface area contributed by atoms with Crippen LogP contribution in [0.4, 0.5) is 9.93 Å². The van der Waals surface area contributed by atoms with Crippen LogP contribution in [0.3, 0.4) is 0 Å². The Labute approximate surface area is 131 Å². The van der Waals surface area contributed by atoms with Crippen LogP contribution in [-0.4, -0.2) is 60.1 Å². The summed E-state index contributed by atoms with van der Waals surface area (Å²) < 4.78 is 0. The molecule has 0 aliphatic carbocycles. The molecule has 1 saturated heterocycles. The predicted molar refractivity (Wildman–Crippen MR) is 88.0 cm³/mol. The molecule has 5 nitrogen and oxygen atoms in total. The van der Waals surface area contributed by atoms with Gasteiger partial charge >= 0.3 is 6.03 Å². The van der Waals surface area contributed by atoms with E-state index in [-0.39, 0.29) is 6.03 Å². The minimum atomic E-state index is 0.198. The van der Waals surface area contributed by atoms with Gasteiger partial charge in [-0.25, -0.2) is 9.78 Å². The second kappa shape index (κ2) is 7.64. The number of carbonyl (C=O) groups excluding carboxylic acids is 1. The molecular weight excluding hydrogens is 284 g/mol. The average Bonchev–Trinajstić information content (AvgIpc) is 3.00. The highest BCUT2D eigenvalue weighted by Crippen LogP contribution is 2.19. The maximum absolute atomic E-state index is 12.6. The summed E-state index contributed by atoms with van der Waals surface area (Å²) in [7, 11) is 0. The van der Waals surface area contributed by atoms with Crippen LogP contribution in [-0.2, 0) is 0 Å². The van der Waals surface area contributed by atoms with E-state index >= 15 is 0 Å². The average molecular weight is 310 g/mol. The highest BCUT2D eigenvalue weighted by atomic mass is 32.1. The summed E-state index contributed by atoms with van der Waals surface area (Å²) in [5.41, 5.74) is 0. The second-order valence-corrected chi connectivity index (χ2v) is 6.78. The van der Waals surface area contributed by atoms with Gasteiger partial charge in [0.2, 0.25) is 0 Å². The van der Waals surface area contributed by atoms with Crippen molar-refractivity contribution in [1.82, 2.24) is 14.8 Å². The van der Waals surface area contributed by atoms with Gasteiger partial charge in [-0.1, -0.05) is 20.8 Å². The van der Waals surface area contributed by atoms with Crippen molar-refractivity contribution in [2.45, 2.75) is 27.2 Å². The fourth-order valence-corrected chi connectivity index (χ4v) is 3.33. The number of piperazine rings is 1. The molecule has 2 heterocycles. The van der Waals surface area contributed by atoms with Gasteiger partial charge in [0, 0.05) is 50.8 Å². The maximum atomic E-state index is 12.6. The molecule has 2 rings (SSSR count). The molecule has 0 aromatic carbocycles. The lowest BCUT2D eigenvalue weighted by Gasteiger charge is -2.37. The summed E-state index contributed by atoms with van der Waals surface area (Å²) in [5, 5.41) is 3.06. The summed E-state index contributed by atoms with van der Waals surface area (Å²) in [5.74, 6) is 0.511. The van der Waals surface area contributed by atoms with E-state index < -0.39 is 0 Å². The Morgan fingerprint density at radius 1 is 1.38 bits per heavy atom. The summed E-state index contributed by atoms with van der Waals surface area (Å²) in [6, 6.07) is 0.198. The lowest BCUT2D eigenvalue weighted by Crippen LogP contribution is -2.53. The van der Waals surface area contributed by atoms with Gasteiger partial charge in [-0.3, -0.25) is 0 Å². The van der Waals surface area contributed by atoms with Crippen LogP contribution in [0.25, 0.3) is 0 Å². The van der Waals surface area contributed by atoms with Crippen molar-refractivity contribution in [3.8, 4) is 0 Å². The molecule has 0 saturated carbocycles. The van der Waals surface area contributed by atoms with Crippen LogP contribution in [0.2, 0.25) is 0 Å². The molecule has 0 N–H and O–H groups in total. The van der Waals surface area contributed by atoms with Gasteiger partial charge < -0.3 is 14.7 Å². The van der Waals surface area contributed by atoms with Gasteiger partial charge in [-0.2, -0.15) is 0 Å². The maximum Gasteiger partial charge on any atom is 0.320 e. The molecule has 1 fully saturated rings. The fraction of sp³-hybridized carbons (Fsp3) is 0.733. The number of carbonyl (C=O) groups is 1. The van der Waals surface area contributed by atoms with E-state index in [0.29, 0.717) is 5.92 Å². The first kappa shape index (κ1) is 16.1. The van der Waals surface area contributed by atoms with E-state index in [4.69, 9.17) is 0 Å². The summed E-state index contributed by atoms with van der Waals surface area (Å²) in [6.07, 6.45) is 2.85. The minimum absolute atomic E-state index is 0.198. The van der Waals surface area contributed by atoms with Crippen molar-refractivity contribution in [1.29, 1.82) is 0 Å². The van der Waals surface area contributed by atoms with E-state index in [1.165, 1.54) is 0 Å². The van der Waals surface area contributed by atoms with Gasteiger partial charge in [-0.15, -0.1) is 11.3 Å². The fourth-order valence-electron chi connectivity index (χ4n) is 2.64. The minimum Gasteiger partial charge on any atom is -0.345 e. The quantitative estimate of drug-likeness (QED) is 0.839. The first-order valence-electron chi connectivity index (χ1n) is 7.80. The first-order chi connectivity index (χ1) is 10.1. The van der Waals surface area contributed by atoms with Crippen molar-refractivity contribution in [3.63, 3.8) is 0 Å². The van der Waals surface area contributed by atoms with Crippen LogP contribution < -0.4 is 4.90 Å². The Hall–Kier alpha value is -1.30. The molecule has 118 valence electrons. The van der Waals surface area contributed by atoms with Crippen molar-refractivity contribution < 1.29 is 4.79 Å².